The zero-order valence-electron chi connectivity index (χ0n) is 11.9. The molecular weight excluding hydrogens is 270 g/mol. The minimum absolute atomic E-state index is 0.379. The van der Waals surface area contributed by atoms with Crippen LogP contribution in [0.5, 0.6) is 0 Å². The van der Waals surface area contributed by atoms with Gasteiger partial charge in [0.1, 0.15) is 11.0 Å². The van der Waals surface area contributed by atoms with E-state index in [1.807, 2.05) is 30.3 Å². The maximum Gasteiger partial charge on any atom is 0.163 e. The summed E-state index contributed by atoms with van der Waals surface area (Å²) < 4.78 is 0. The van der Waals surface area contributed by atoms with Crippen LogP contribution in [0.2, 0.25) is 5.15 Å². The number of halogens is 1. The first kappa shape index (κ1) is 14.8. The highest BCUT2D eigenvalue weighted by Gasteiger charge is 2.08. The van der Waals surface area contributed by atoms with E-state index >= 15 is 0 Å². The van der Waals surface area contributed by atoms with Gasteiger partial charge in [0, 0.05) is 17.7 Å². The number of anilines is 1. The standard InChI is InChI=1S/C16H20ClN3/c1-3-4-8-12(2)18-15-11-14(17)19-16(20-15)13-9-6-5-7-10-13/h5-7,9-12H,3-4,8H2,1-2H3,(H,18,19,20). The smallest absolute Gasteiger partial charge is 0.163 e. The topological polar surface area (TPSA) is 37.8 Å². The summed E-state index contributed by atoms with van der Waals surface area (Å²) in [6.45, 7) is 4.36. The minimum Gasteiger partial charge on any atom is -0.367 e. The third-order valence-corrected chi connectivity index (χ3v) is 3.31. The van der Waals surface area contributed by atoms with Gasteiger partial charge in [0.15, 0.2) is 5.82 Å². The average molecular weight is 290 g/mol. The van der Waals surface area contributed by atoms with Crippen LogP contribution in [-0.2, 0) is 0 Å². The quantitative estimate of drug-likeness (QED) is 0.777. The number of unbranched alkanes of at least 4 members (excludes halogenated alkanes) is 1. The van der Waals surface area contributed by atoms with Crippen LogP contribution < -0.4 is 5.32 Å². The Hall–Kier alpha value is -1.61. The van der Waals surface area contributed by atoms with E-state index in [4.69, 9.17) is 11.6 Å². The molecule has 1 heterocycles. The van der Waals surface area contributed by atoms with E-state index in [0.717, 1.165) is 17.8 Å². The van der Waals surface area contributed by atoms with Crippen molar-refractivity contribution in [3.05, 3.63) is 41.6 Å². The van der Waals surface area contributed by atoms with Gasteiger partial charge in [-0.3, -0.25) is 0 Å². The molecule has 0 amide bonds. The van der Waals surface area contributed by atoms with Crippen LogP contribution in [0.15, 0.2) is 36.4 Å². The van der Waals surface area contributed by atoms with Crippen LogP contribution >= 0.6 is 11.6 Å². The Bertz CT molecular complexity index is 543. The molecule has 1 N–H and O–H groups in total. The lowest BCUT2D eigenvalue weighted by molar-refractivity contribution is 0.643. The number of benzene rings is 1. The molecule has 1 atom stereocenters. The number of nitrogens with zero attached hydrogens (tertiary/aromatic N) is 2. The fourth-order valence-electron chi connectivity index (χ4n) is 2.04. The van der Waals surface area contributed by atoms with Gasteiger partial charge >= 0.3 is 0 Å². The molecule has 0 spiro atoms. The predicted octanol–water partition coefficient (Wildman–Crippen LogP) is 4.79. The number of rotatable bonds is 6. The van der Waals surface area contributed by atoms with Crippen LogP contribution in [0.25, 0.3) is 11.4 Å². The number of nitrogens with one attached hydrogen (secondary N) is 1. The van der Waals surface area contributed by atoms with Crippen molar-refractivity contribution in [2.75, 3.05) is 5.32 Å². The van der Waals surface area contributed by atoms with Gasteiger partial charge in [-0.25, -0.2) is 9.97 Å². The molecule has 1 unspecified atom stereocenters. The first-order valence-electron chi connectivity index (χ1n) is 7.05. The molecule has 1 aromatic heterocycles. The van der Waals surface area contributed by atoms with Gasteiger partial charge in [0.25, 0.3) is 0 Å². The maximum atomic E-state index is 6.10. The molecule has 2 aromatic rings. The summed E-state index contributed by atoms with van der Waals surface area (Å²) in [7, 11) is 0. The Labute approximate surface area is 125 Å². The fraction of sp³-hybridized carbons (Fsp3) is 0.375. The van der Waals surface area contributed by atoms with Crippen LogP contribution in [0.1, 0.15) is 33.1 Å². The summed E-state index contributed by atoms with van der Waals surface area (Å²) >= 11 is 6.10. The molecule has 0 fully saturated rings. The minimum atomic E-state index is 0.379. The Balaban J connectivity index is 2.17. The van der Waals surface area contributed by atoms with Crippen molar-refractivity contribution in [2.24, 2.45) is 0 Å². The van der Waals surface area contributed by atoms with Crippen LogP contribution in [0, 0.1) is 0 Å². The monoisotopic (exact) mass is 289 g/mol. The van der Waals surface area contributed by atoms with E-state index in [-0.39, 0.29) is 0 Å². The molecule has 0 aliphatic rings. The largest absolute Gasteiger partial charge is 0.367 e. The molecule has 20 heavy (non-hydrogen) atoms. The Morgan fingerprint density at radius 2 is 1.95 bits per heavy atom. The first-order chi connectivity index (χ1) is 9.69. The van der Waals surface area contributed by atoms with Crippen molar-refractivity contribution in [1.82, 2.24) is 9.97 Å². The third-order valence-electron chi connectivity index (χ3n) is 3.11. The van der Waals surface area contributed by atoms with Crippen molar-refractivity contribution >= 4 is 17.4 Å². The van der Waals surface area contributed by atoms with E-state index in [1.165, 1.54) is 12.8 Å². The molecule has 2 rings (SSSR count). The molecule has 0 bridgehead atoms. The van der Waals surface area contributed by atoms with Crippen LogP contribution in [-0.4, -0.2) is 16.0 Å². The van der Waals surface area contributed by atoms with Crippen molar-refractivity contribution < 1.29 is 0 Å². The summed E-state index contributed by atoms with van der Waals surface area (Å²) in [4.78, 5) is 8.83. The van der Waals surface area contributed by atoms with E-state index in [9.17, 15) is 0 Å². The first-order valence-corrected chi connectivity index (χ1v) is 7.43. The lowest BCUT2D eigenvalue weighted by atomic mass is 10.1. The lowest BCUT2D eigenvalue weighted by Crippen LogP contribution is -2.16. The molecule has 4 heteroatoms. The van der Waals surface area contributed by atoms with E-state index in [2.05, 4.69) is 29.1 Å². The molecule has 106 valence electrons. The Morgan fingerprint density at radius 1 is 1.20 bits per heavy atom. The second-order valence-corrected chi connectivity index (χ2v) is 5.34. The second-order valence-electron chi connectivity index (χ2n) is 4.95. The summed E-state index contributed by atoms with van der Waals surface area (Å²) in [5.41, 5.74) is 0.972. The number of aromatic nitrogens is 2. The molecule has 0 aliphatic heterocycles. The van der Waals surface area contributed by atoms with Gasteiger partial charge in [0.05, 0.1) is 0 Å². The average Bonchev–Trinajstić information content (AvgIpc) is 2.45. The van der Waals surface area contributed by atoms with Crippen LogP contribution in [0.4, 0.5) is 5.82 Å². The molecule has 0 aliphatic carbocycles. The zero-order valence-corrected chi connectivity index (χ0v) is 12.7. The van der Waals surface area contributed by atoms with Crippen molar-refractivity contribution in [3.8, 4) is 11.4 Å². The molecule has 0 radical (unpaired) electrons. The van der Waals surface area contributed by atoms with Crippen molar-refractivity contribution in [2.45, 2.75) is 39.2 Å². The highest BCUT2D eigenvalue weighted by atomic mass is 35.5. The third kappa shape index (κ3) is 4.20. The molecule has 0 saturated carbocycles. The van der Waals surface area contributed by atoms with Crippen molar-refractivity contribution in [1.29, 1.82) is 0 Å². The zero-order chi connectivity index (χ0) is 14.4. The van der Waals surface area contributed by atoms with E-state index in [0.29, 0.717) is 17.0 Å². The highest BCUT2D eigenvalue weighted by Crippen LogP contribution is 2.20. The SMILES string of the molecule is CCCCC(C)Nc1cc(Cl)nc(-c2ccccc2)n1. The van der Waals surface area contributed by atoms with Gasteiger partial charge in [0.2, 0.25) is 0 Å². The number of hydrogen-bond donors (Lipinski definition) is 1. The molecular formula is C16H20ClN3. The van der Waals surface area contributed by atoms with Gasteiger partial charge in [-0.05, 0) is 13.3 Å². The summed E-state index contributed by atoms with van der Waals surface area (Å²) in [6.07, 6.45) is 3.53. The molecule has 0 saturated heterocycles. The highest BCUT2D eigenvalue weighted by molar-refractivity contribution is 6.29. The number of hydrogen-bond acceptors (Lipinski definition) is 3. The van der Waals surface area contributed by atoms with Gasteiger partial charge in [-0.15, -0.1) is 0 Å². The molecule has 1 aromatic carbocycles. The van der Waals surface area contributed by atoms with Crippen LogP contribution in [0.3, 0.4) is 0 Å². The summed E-state index contributed by atoms with van der Waals surface area (Å²) in [5, 5.41) is 3.85. The normalized spacial score (nSPS) is 12.2. The van der Waals surface area contributed by atoms with Crippen molar-refractivity contribution in [3.63, 3.8) is 0 Å². The second kappa shape index (κ2) is 7.25. The van der Waals surface area contributed by atoms with Gasteiger partial charge in [-0.1, -0.05) is 61.7 Å². The van der Waals surface area contributed by atoms with E-state index in [1.54, 1.807) is 6.07 Å². The maximum absolute atomic E-state index is 6.10. The Morgan fingerprint density at radius 3 is 2.65 bits per heavy atom. The summed E-state index contributed by atoms with van der Waals surface area (Å²) in [6, 6.07) is 12.0. The fourth-order valence-corrected chi connectivity index (χ4v) is 2.23. The van der Waals surface area contributed by atoms with Gasteiger partial charge in [-0.2, -0.15) is 0 Å². The van der Waals surface area contributed by atoms with E-state index < -0.39 is 0 Å². The Kier molecular flexibility index (Phi) is 5.36. The summed E-state index contributed by atoms with van der Waals surface area (Å²) in [5.74, 6) is 1.44. The predicted molar refractivity (Wildman–Crippen MR) is 85.1 cm³/mol. The lowest BCUT2D eigenvalue weighted by Gasteiger charge is -2.14. The molecule has 3 nitrogen and oxygen atoms in total. The van der Waals surface area contributed by atoms with Gasteiger partial charge < -0.3 is 5.32 Å².